The zero-order chi connectivity index (χ0) is 15.5. The van der Waals surface area contributed by atoms with Gasteiger partial charge in [-0.2, -0.15) is 0 Å². The van der Waals surface area contributed by atoms with Gasteiger partial charge in [0.05, 0.1) is 11.1 Å². The maximum Gasteiger partial charge on any atom is 0.142 e. The first-order chi connectivity index (χ1) is 10.0. The minimum Gasteiger partial charge on any atom is -0.388 e. The van der Waals surface area contributed by atoms with Crippen molar-refractivity contribution in [2.75, 3.05) is 6.54 Å². The molecule has 1 saturated carbocycles. The third-order valence-corrected chi connectivity index (χ3v) is 5.35. The largest absolute Gasteiger partial charge is 0.388 e. The summed E-state index contributed by atoms with van der Waals surface area (Å²) in [6.45, 7) is 2.63. The Hall–Kier alpha value is -0.640. The first-order valence-corrected chi connectivity index (χ1v) is 8.23. The monoisotopic (exact) mass is 313 g/mol. The SMILES string of the molecule is CCCC1CCC(CN)(C(O)c2ccc(Cl)c(F)c2)CC1. The third kappa shape index (κ3) is 3.58. The van der Waals surface area contributed by atoms with Crippen molar-refractivity contribution in [3.05, 3.63) is 34.6 Å². The van der Waals surface area contributed by atoms with Crippen LogP contribution < -0.4 is 5.73 Å². The minimum absolute atomic E-state index is 0.0828. The van der Waals surface area contributed by atoms with E-state index in [2.05, 4.69) is 6.92 Å². The molecule has 0 heterocycles. The zero-order valence-corrected chi connectivity index (χ0v) is 13.4. The average Bonchev–Trinajstić information content (AvgIpc) is 2.51. The fraction of sp³-hybridized carbons (Fsp3) is 0.647. The van der Waals surface area contributed by atoms with E-state index in [1.807, 2.05) is 0 Å². The average molecular weight is 314 g/mol. The summed E-state index contributed by atoms with van der Waals surface area (Å²) in [5.74, 6) is 0.254. The van der Waals surface area contributed by atoms with Crippen LogP contribution in [-0.2, 0) is 0 Å². The summed E-state index contributed by atoms with van der Waals surface area (Å²) in [5.41, 5.74) is 6.24. The molecule has 118 valence electrons. The highest BCUT2D eigenvalue weighted by Gasteiger charge is 2.40. The Labute approximate surface area is 131 Å². The first-order valence-electron chi connectivity index (χ1n) is 7.85. The van der Waals surface area contributed by atoms with Gasteiger partial charge in [-0.15, -0.1) is 0 Å². The lowest BCUT2D eigenvalue weighted by atomic mass is 9.65. The summed E-state index contributed by atoms with van der Waals surface area (Å²) < 4.78 is 13.6. The third-order valence-electron chi connectivity index (χ3n) is 5.04. The molecular formula is C17H25ClFNO. The number of halogens is 2. The lowest BCUT2D eigenvalue weighted by Crippen LogP contribution is -2.40. The molecule has 0 saturated heterocycles. The van der Waals surface area contributed by atoms with Gasteiger partial charge in [-0.1, -0.05) is 37.4 Å². The lowest BCUT2D eigenvalue weighted by Gasteiger charge is -2.43. The Morgan fingerprint density at radius 3 is 2.62 bits per heavy atom. The molecule has 1 unspecified atom stereocenters. The van der Waals surface area contributed by atoms with Crippen molar-refractivity contribution in [3.8, 4) is 0 Å². The fourth-order valence-electron chi connectivity index (χ4n) is 3.57. The molecule has 4 heteroatoms. The zero-order valence-electron chi connectivity index (χ0n) is 12.6. The van der Waals surface area contributed by atoms with E-state index in [1.54, 1.807) is 6.07 Å². The molecule has 0 aromatic heterocycles. The van der Waals surface area contributed by atoms with Crippen LogP contribution in [0.5, 0.6) is 0 Å². The second kappa shape index (κ2) is 7.08. The van der Waals surface area contributed by atoms with Gasteiger partial charge in [-0.05, 0) is 49.3 Å². The van der Waals surface area contributed by atoms with Gasteiger partial charge < -0.3 is 10.8 Å². The van der Waals surface area contributed by atoms with Gasteiger partial charge in [0.1, 0.15) is 5.82 Å². The Morgan fingerprint density at radius 1 is 1.43 bits per heavy atom. The highest BCUT2D eigenvalue weighted by Crippen LogP contribution is 2.47. The molecule has 2 nitrogen and oxygen atoms in total. The molecular weight excluding hydrogens is 289 g/mol. The predicted molar refractivity (Wildman–Crippen MR) is 84.7 cm³/mol. The molecule has 1 aliphatic carbocycles. The van der Waals surface area contributed by atoms with Crippen molar-refractivity contribution in [3.63, 3.8) is 0 Å². The van der Waals surface area contributed by atoms with E-state index in [-0.39, 0.29) is 10.4 Å². The van der Waals surface area contributed by atoms with Crippen molar-refractivity contribution in [1.29, 1.82) is 0 Å². The van der Waals surface area contributed by atoms with Crippen molar-refractivity contribution in [2.24, 2.45) is 17.1 Å². The standard InChI is InChI=1S/C17H25ClFNO/c1-2-3-12-6-8-17(11-20,9-7-12)16(21)13-4-5-14(18)15(19)10-13/h4-5,10,12,16,21H,2-3,6-9,11,20H2,1H3. The quantitative estimate of drug-likeness (QED) is 0.843. The molecule has 0 aliphatic heterocycles. The molecule has 0 amide bonds. The van der Waals surface area contributed by atoms with E-state index in [1.165, 1.54) is 25.0 Å². The van der Waals surface area contributed by atoms with E-state index in [4.69, 9.17) is 17.3 Å². The van der Waals surface area contributed by atoms with E-state index in [0.29, 0.717) is 12.1 Å². The topological polar surface area (TPSA) is 46.2 Å². The number of aliphatic hydroxyl groups excluding tert-OH is 1. The minimum atomic E-state index is -0.725. The normalized spacial score (nSPS) is 27.6. The molecule has 0 spiro atoms. The predicted octanol–water partition coefficient (Wildman–Crippen LogP) is 4.45. The van der Waals surface area contributed by atoms with Gasteiger partial charge >= 0.3 is 0 Å². The second-order valence-electron chi connectivity index (χ2n) is 6.37. The maximum absolute atomic E-state index is 13.6. The summed E-state index contributed by atoms with van der Waals surface area (Å²) in [6.07, 6.45) is 5.71. The van der Waals surface area contributed by atoms with Crippen LogP contribution in [0.1, 0.15) is 57.1 Å². The van der Waals surface area contributed by atoms with Crippen LogP contribution in [0.25, 0.3) is 0 Å². The molecule has 1 fully saturated rings. The van der Waals surface area contributed by atoms with E-state index in [0.717, 1.165) is 31.6 Å². The Bertz CT molecular complexity index is 472. The molecule has 2 rings (SSSR count). The molecule has 0 bridgehead atoms. The lowest BCUT2D eigenvalue weighted by molar-refractivity contribution is -0.0110. The van der Waals surface area contributed by atoms with Crippen molar-refractivity contribution < 1.29 is 9.50 Å². The molecule has 1 aliphatic rings. The Kier molecular flexibility index (Phi) is 5.64. The number of aliphatic hydroxyl groups is 1. The smallest absolute Gasteiger partial charge is 0.142 e. The van der Waals surface area contributed by atoms with Gasteiger partial charge in [-0.25, -0.2) is 4.39 Å². The van der Waals surface area contributed by atoms with Crippen LogP contribution in [0.15, 0.2) is 18.2 Å². The van der Waals surface area contributed by atoms with Crippen molar-refractivity contribution >= 4 is 11.6 Å². The van der Waals surface area contributed by atoms with Crippen molar-refractivity contribution in [1.82, 2.24) is 0 Å². The molecule has 1 aromatic carbocycles. The van der Waals surface area contributed by atoms with E-state index >= 15 is 0 Å². The van der Waals surface area contributed by atoms with Crippen LogP contribution in [0, 0.1) is 17.2 Å². The summed E-state index contributed by atoms with van der Waals surface area (Å²) in [5, 5.41) is 10.8. The number of rotatable bonds is 5. The van der Waals surface area contributed by atoms with Gasteiger partial charge in [0.2, 0.25) is 0 Å². The van der Waals surface area contributed by atoms with Crippen LogP contribution in [-0.4, -0.2) is 11.7 Å². The highest BCUT2D eigenvalue weighted by atomic mass is 35.5. The van der Waals surface area contributed by atoms with Crippen LogP contribution in [0.4, 0.5) is 4.39 Å². The molecule has 1 aromatic rings. The maximum atomic E-state index is 13.6. The van der Waals surface area contributed by atoms with Gasteiger partial charge in [0.15, 0.2) is 0 Å². The fourth-order valence-corrected chi connectivity index (χ4v) is 3.69. The Morgan fingerprint density at radius 2 is 2.10 bits per heavy atom. The first kappa shape index (κ1) is 16.7. The second-order valence-corrected chi connectivity index (χ2v) is 6.78. The van der Waals surface area contributed by atoms with E-state index in [9.17, 15) is 9.50 Å². The molecule has 1 atom stereocenters. The van der Waals surface area contributed by atoms with Gasteiger partial charge in [0.25, 0.3) is 0 Å². The number of hydrogen-bond donors (Lipinski definition) is 2. The van der Waals surface area contributed by atoms with Gasteiger partial charge in [-0.3, -0.25) is 0 Å². The van der Waals surface area contributed by atoms with Gasteiger partial charge in [0, 0.05) is 12.0 Å². The Balaban J connectivity index is 2.15. The molecule has 3 N–H and O–H groups in total. The van der Waals surface area contributed by atoms with Crippen LogP contribution >= 0.6 is 11.6 Å². The van der Waals surface area contributed by atoms with Crippen LogP contribution in [0.2, 0.25) is 5.02 Å². The highest BCUT2D eigenvalue weighted by molar-refractivity contribution is 6.30. The van der Waals surface area contributed by atoms with Crippen molar-refractivity contribution in [2.45, 2.75) is 51.6 Å². The molecule has 0 radical (unpaired) electrons. The number of hydrogen-bond acceptors (Lipinski definition) is 2. The number of nitrogens with two attached hydrogens (primary N) is 1. The summed E-state index contributed by atoms with van der Waals surface area (Å²) in [4.78, 5) is 0. The molecule has 21 heavy (non-hydrogen) atoms. The van der Waals surface area contributed by atoms with Crippen LogP contribution in [0.3, 0.4) is 0 Å². The summed E-state index contributed by atoms with van der Waals surface area (Å²) in [6, 6.07) is 4.54. The summed E-state index contributed by atoms with van der Waals surface area (Å²) >= 11 is 5.71. The number of benzene rings is 1. The van der Waals surface area contributed by atoms with E-state index < -0.39 is 11.9 Å². The summed E-state index contributed by atoms with van der Waals surface area (Å²) in [7, 11) is 0.